The van der Waals surface area contributed by atoms with Crippen LogP contribution in [0.15, 0.2) is 72.8 Å². The highest BCUT2D eigenvalue weighted by Gasteiger charge is 2.31. The van der Waals surface area contributed by atoms with Crippen LogP contribution in [0.3, 0.4) is 0 Å². The SMILES string of the molecule is C#CC#C[Si@](C)(c1ccccc1)c1cccc2ccccc12. The molecule has 0 bridgehead atoms. The second-order valence-electron chi connectivity index (χ2n) is 5.41. The summed E-state index contributed by atoms with van der Waals surface area (Å²) in [7, 11) is -2.19. The largest absolute Gasteiger partial charge is 0.198 e. The summed E-state index contributed by atoms with van der Waals surface area (Å²) in [6, 6.07) is 25.5. The lowest BCUT2D eigenvalue weighted by molar-refractivity contribution is 1.72. The number of rotatable bonds is 2. The third-order valence-electron chi connectivity index (χ3n) is 4.06. The van der Waals surface area contributed by atoms with Gasteiger partial charge in [0.05, 0.1) is 0 Å². The van der Waals surface area contributed by atoms with Gasteiger partial charge in [-0.15, -0.1) is 12.0 Å². The smallest absolute Gasteiger partial charge is 0.106 e. The molecule has 0 aliphatic heterocycles. The first-order chi connectivity index (χ1) is 10.8. The zero-order valence-electron chi connectivity index (χ0n) is 12.5. The molecule has 0 N–H and O–H groups in total. The third kappa shape index (κ3) is 2.44. The molecule has 0 fully saturated rings. The number of hydrogen-bond acceptors (Lipinski definition) is 0. The van der Waals surface area contributed by atoms with E-state index in [2.05, 4.69) is 90.7 Å². The Morgan fingerprint density at radius 2 is 1.50 bits per heavy atom. The first-order valence-electron chi connectivity index (χ1n) is 7.27. The van der Waals surface area contributed by atoms with E-state index in [-0.39, 0.29) is 0 Å². The molecule has 3 aromatic carbocycles. The lowest BCUT2D eigenvalue weighted by atomic mass is 10.1. The van der Waals surface area contributed by atoms with Crippen LogP contribution in [0.4, 0.5) is 0 Å². The number of fused-ring (bicyclic) bond motifs is 1. The highest BCUT2D eigenvalue weighted by molar-refractivity contribution is 7.08. The Morgan fingerprint density at radius 3 is 2.27 bits per heavy atom. The summed E-state index contributed by atoms with van der Waals surface area (Å²) in [5.41, 5.74) is 3.42. The molecule has 0 aliphatic carbocycles. The number of benzene rings is 3. The molecule has 0 unspecified atom stereocenters. The second kappa shape index (κ2) is 5.94. The molecule has 0 spiro atoms. The first kappa shape index (κ1) is 14.2. The van der Waals surface area contributed by atoms with E-state index in [4.69, 9.17) is 6.42 Å². The van der Waals surface area contributed by atoms with Crippen molar-refractivity contribution in [3.8, 4) is 23.8 Å². The number of terminal acetylenes is 1. The van der Waals surface area contributed by atoms with Gasteiger partial charge in [-0.2, -0.15) is 0 Å². The van der Waals surface area contributed by atoms with Crippen LogP contribution in [0.5, 0.6) is 0 Å². The standard InChI is InChI=1S/C21H16Si/c1-3-4-17-22(2,19-13-6-5-7-14-19)21-16-10-12-18-11-8-9-15-20(18)21/h1,5-16H,2H3/t22-/m1/s1. The molecular formula is C21H16Si. The van der Waals surface area contributed by atoms with Gasteiger partial charge in [-0.3, -0.25) is 0 Å². The molecule has 0 saturated carbocycles. The topological polar surface area (TPSA) is 0 Å². The fourth-order valence-electron chi connectivity index (χ4n) is 2.89. The minimum Gasteiger partial charge on any atom is -0.106 e. The quantitative estimate of drug-likeness (QED) is 0.503. The summed E-state index contributed by atoms with van der Waals surface area (Å²) in [4.78, 5) is 0. The highest BCUT2D eigenvalue weighted by Crippen LogP contribution is 2.15. The molecule has 104 valence electrons. The molecule has 1 heteroatoms. The van der Waals surface area contributed by atoms with E-state index in [1.807, 2.05) is 6.07 Å². The molecule has 0 aromatic heterocycles. The molecule has 0 heterocycles. The molecule has 22 heavy (non-hydrogen) atoms. The highest BCUT2D eigenvalue weighted by atomic mass is 28.3. The van der Waals surface area contributed by atoms with Gasteiger partial charge in [0.1, 0.15) is 0 Å². The summed E-state index contributed by atoms with van der Waals surface area (Å²) in [5.74, 6) is 5.37. The van der Waals surface area contributed by atoms with Crippen LogP contribution < -0.4 is 10.4 Å². The lowest BCUT2D eigenvalue weighted by Crippen LogP contribution is -2.55. The minimum absolute atomic E-state index is 1.25. The zero-order valence-corrected chi connectivity index (χ0v) is 13.5. The lowest BCUT2D eigenvalue weighted by Gasteiger charge is -2.24. The van der Waals surface area contributed by atoms with Crippen LogP contribution in [-0.4, -0.2) is 8.07 Å². The summed E-state index contributed by atoms with van der Waals surface area (Å²) in [6.45, 7) is 2.27. The van der Waals surface area contributed by atoms with Gasteiger partial charge in [-0.1, -0.05) is 79.3 Å². The van der Waals surface area contributed by atoms with Crippen molar-refractivity contribution in [3.63, 3.8) is 0 Å². The van der Waals surface area contributed by atoms with E-state index in [0.717, 1.165) is 0 Å². The molecular weight excluding hydrogens is 280 g/mol. The Bertz CT molecular complexity index is 902. The summed E-state index contributed by atoms with van der Waals surface area (Å²) >= 11 is 0. The van der Waals surface area contributed by atoms with Crippen LogP contribution in [0.25, 0.3) is 10.8 Å². The van der Waals surface area contributed by atoms with Crippen LogP contribution in [-0.2, 0) is 0 Å². The summed E-state index contributed by atoms with van der Waals surface area (Å²) in [6.07, 6.45) is 5.40. The Balaban J connectivity index is 2.33. The van der Waals surface area contributed by atoms with Gasteiger partial charge in [-0.25, -0.2) is 0 Å². The van der Waals surface area contributed by atoms with E-state index in [1.54, 1.807) is 0 Å². The second-order valence-corrected chi connectivity index (χ2v) is 9.03. The zero-order chi connectivity index (χ0) is 15.4. The van der Waals surface area contributed by atoms with Crippen LogP contribution >= 0.6 is 0 Å². The van der Waals surface area contributed by atoms with E-state index in [0.29, 0.717) is 0 Å². The molecule has 1 atom stereocenters. The normalized spacial score (nSPS) is 12.7. The van der Waals surface area contributed by atoms with Gasteiger partial charge in [-0.05, 0) is 33.0 Å². The molecule has 0 amide bonds. The molecule has 3 aromatic rings. The molecule has 0 saturated heterocycles. The number of hydrogen-bond donors (Lipinski definition) is 0. The molecule has 0 nitrogen and oxygen atoms in total. The van der Waals surface area contributed by atoms with E-state index >= 15 is 0 Å². The van der Waals surface area contributed by atoms with Gasteiger partial charge in [0.25, 0.3) is 0 Å². The average molecular weight is 296 g/mol. The monoisotopic (exact) mass is 296 g/mol. The Morgan fingerprint density at radius 1 is 0.818 bits per heavy atom. The molecule has 3 rings (SSSR count). The maximum Gasteiger partial charge on any atom is 0.198 e. The van der Waals surface area contributed by atoms with E-state index in [1.165, 1.54) is 21.1 Å². The van der Waals surface area contributed by atoms with Gasteiger partial charge < -0.3 is 0 Å². The Kier molecular flexibility index (Phi) is 3.83. The maximum absolute atomic E-state index is 5.40. The summed E-state index contributed by atoms with van der Waals surface area (Å²) in [5, 5.41) is 5.13. The fourth-order valence-corrected chi connectivity index (χ4v) is 5.86. The van der Waals surface area contributed by atoms with Crippen molar-refractivity contribution >= 4 is 29.2 Å². The van der Waals surface area contributed by atoms with Crippen LogP contribution in [0.2, 0.25) is 6.55 Å². The van der Waals surface area contributed by atoms with Crippen molar-refractivity contribution in [2.45, 2.75) is 6.55 Å². The van der Waals surface area contributed by atoms with E-state index < -0.39 is 8.07 Å². The average Bonchev–Trinajstić information content (AvgIpc) is 2.60. The minimum atomic E-state index is -2.19. The van der Waals surface area contributed by atoms with Gasteiger partial charge >= 0.3 is 0 Å². The van der Waals surface area contributed by atoms with Crippen molar-refractivity contribution < 1.29 is 0 Å². The van der Waals surface area contributed by atoms with E-state index in [9.17, 15) is 0 Å². The third-order valence-corrected chi connectivity index (χ3v) is 7.69. The van der Waals surface area contributed by atoms with Crippen LogP contribution in [0, 0.1) is 23.8 Å². The molecule has 0 radical (unpaired) electrons. The first-order valence-corrected chi connectivity index (χ1v) is 9.77. The van der Waals surface area contributed by atoms with Crippen molar-refractivity contribution in [3.05, 3.63) is 72.8 Å². The maximum atomic E-state index is 5.40. The molecule has 0 aliphatic rings. The van der Waals surface area contributed by atoms with Gasteiger partial charge in [0, 0.05) is 0 Å². The fraction of sp³-hybridized carbons (Fsp3) is 0.0476. The van der Waals surface area contributed by atoms with Crippen molar-refractivity contribution in [2.24, 2.45) is 0 Å². The Labute approximate surface area is 132 Å². The predicted molar refractivity (Wildman–Crippen MR) is 97.9 cm³/mol. The van der Waals surface area contributed by atoms with Gasteiger partial charge in [0.15, 0.2) is 8.07 Å². The predicted octanol–water partition coefficient (Wildman–Crippen LogP) is 3.21. The van der Waals surface area contributed by atoms with Crippen LogP contribution in [0.1, 0.15) is 0 Å². The van der Waals surface area contributed by atoms with Crippen molar-refractivity contribution in [2.75, 3.05) is 0 Å². The van der Waals surface area contributed by atoms with Gasteiger partial charge in [0.2, 0.25) is 0 Å². The van der Waals surface area contributed by atoms with Crippen molar-refractivity contribution in [1.29, 1.82) is 0 Å². The summed E-state index contributed by atoms with van der Waals surface area (Å²) < 4.78 is 0. The Hall–Kier alpha value is -2.74. The van der Waals surface area contributed by atoms with Crippen molar-refractivity contribution in [1.82, 2.24) is 0 Å².